The van der Waals surface area contributed by atoms with Crippen LogP contribution in [0.15, 0.2) is 152 Å². The summed E-state index contributed by atoms with van der Waals surface area (Å²) in [6.45, 7) is 0. The van der Waals surface area contributed by atoms with E-state index in [0.29, 0.717) is 5.82 Å². The van der Waals surface area contributed by atoms with Gasteiger partial charge in [0.05, 0.1) is 22.2 Å². The minimum atomic E-state index is 0.707. The van der Waals surface area contributed by atoms with Crippen LogP contribution in [-0.4, -0.2) is 19.5 Å². The molecule has 11 aromatic rings. The zero-order chi connectivity index (χ0) is 32.1. The van der Waals surface area contributed by atoms with Crippen molar-refractivity contribution in [3.05, 3.63) is 152 Å². The number of H-pyrrole nitrogens is 1. The van der Waals surface area contributed by atoms with E-state index in [2.05, 4.69) is 137 Å². The Hall–Kier alpha value is -6.30. The van der Waals surface area contributed by atoms with Gasteiger partial charge in [-0.15, -0.1) is 11.3 Å². The third-order valence-electron chi connectivity index (χ3n) is 9.92. The van der Waals surface area contributed by atoms with Crippen molar-refractivity contribution in [1.82, 2.24) is 19.5 Å². The van der Waals surface area contributed by atoms with Crippen molar-refractivity contribution in [2.24, 2.45) is 0 Å². The van der Waals surface area contributed by atoms with Gasteiger partial charge in [-0.05, 0) is 24.3 Å². The van der Waals surface area contributed by atoms with Crippen LogP contribution in [0.25, 0.3) is 103 Å². The standard InChI is InChI=1S/C44H26N4S/c1-3-13-26(14-4-1)35-24-39(47-44(46-35)27-15-5-2-6-16-27)48-36-22-12-10-17-28(36)32-23-33-38(25-37(32)48)49-43-30-19-8-7-18-29(30)42-40(41(33)43)31-20-9-11-21-34(31)45-42/h1-25,45H. The first-order chi connectivity index (χ1) is 24.3. The van der Waals surface area contributed by atoms with E-state index < -0.39 is 0 Å². The summed E-state index contributed by atoms with van der Waals surface area (Å²) in [5.41, 5.74) is 7.57. The molecule has 4 nitrogen and oxygen atoms in total. The number of aromatic amines is 1. The summed E-state index contributed by atoms with van der Waals surface area (Å²) in [5, 5.41) is 10.1. The van der Waals surface area contributed by atoms with Gasteiger partial charge < -0.3 is 4.98 Å². The molecule has 4 aromatic heterocycles. The topological polar surface area (TPSA) is 46.5 Å². The Balaban J connectivity index is 1.28. The number of rotatable bonds is 3. The second-order valence-corrected chi connectivity index (χ2v) is 13.7. The van der Waals surface area contributed by atoms with Gasteiger partial charge in [0.2, 0.25) is 0 Å². The van der Waals surface area contributed by atoms with E-state index in [1.54, 1.807) is 0 Å². The molecule has 0 fully saturated rings. The first-order valence-electron chi connectivity index (χ1n) is 16.5. The predicted molar refractivity (Wildman–Crippen MR) is 207 cm³/mol. The second kappa shape index (κ2) is 10.1. The third-order valence-corrected chi connectivity index (χ3v) is 11.1. The van der Waals surface area contributed by atoms with Gasteiger partial charge in [0.1, 0.15) is 5.82 Å². The zero-order valence-electron chi connectivity index (χ0n) is 26.2. The summed E-state index contributed by atoms with van der Waals surface area (Å²) in [5.74, 6) is 1.56. The summed E-state index contributed by atoms with van der Waals surface area (Å²) in [7, 11) is 0. The first kappa shape index (κ1) is 26.7. The number of aromatic nitrogens is 4. The number of nitrogens with one attached hydrogen (secondary N) is 1. The Morgan fingerprint density at radius 1 is 0.490 bits per heavy atom. The van der Waals surface area contributed by atoms with Crippen LogP contribution in [0.1, 0.15) is 0 Å². The fraction of sp³-hybridized carbons (Fsp3) is 0. The molecule has 4 heterocycles. The normalized spacial score (nSPS) is 12.1. The molecule has 0 unspecified atom stereocenters. The van der Waals surface area contributed by atoms with Gasteiger partial charge in [0.25, 0.3) is 0 Å². The summed E-state index contributed by atoms with van der Waals surface area (Å²) in [4.78, 5) is 14.1. The second-order valence-electron chi connectivity index (χ2n) is 12.7. The van der Waals surface area contributed by atoms with Crippen molar-refractivity contribution in [2.75, 3.05) is 0 Å². The number of fused-ring (bicyclic) bond motifs is 13. The van der Waals surface area contributed by atoms with Crippen LogP contribution >= 0.6 is 11.3 Å². The van der Waals surface area contributed by atoms with Crippen LogP contribution in [0.5, 0.6) is 0 Å². The van der Waals surface area contributed by atoms with Crippen LogP contribution in [0.4, 0.5) is 0 Å². The van der Waals surface area contributed by atoms with E-state index in [0.717, 1.165) is 33.7 Å². The molecule has 0 aliphatic rings. The van der Waals surface area contributed by atoms with Crippen LogP contribution in [0.3, 0.4) is 0 Å². The lowest BCUT2D eigenvalue weighted by Crippen LogP contribution is -2.02. The molecule has 0 saturated heterocycles. The number of hydrogen-bond acceptors (Lipinski definition) is 3. The number of nitrogens with zero attached hydrogens (tertiary/aromatic N) is 3. The molecule has 0 radical (unpaired) electrons. The molecule has 0 saturated carbocycles. The fourth-order valence-electron chi connectivity index (χ4n) is 7.77. The van der Waals surface area contributed by atoms with Gasteiger partial charge in [-0.3, -0.25) is 4.57 Å². The van der Waals surface area contributed by atoms with Gasteiger partial charge in [-0.2, -0.15) is 0 Å². The molecule has 1 N–H and O–H groups in total. The first-order valence-corrected chi connectivity index (χ1v) is 17.3. The van der Waals surface area contributed by atoms with Gasteiger partial charge in [0.15, 0.2) is 5.82 Å². The molecular formula is C44H26N4S. The summed E-state index contributed by atoms with van der Waals surface area (Å²) >= 11 is 1.89. The van der Waals surface area contributed by atoms with E-state index >= 15 is 0 Å². The Morgan fingerprint density at radius 2 is 1.16 bits per heavy atom. The minimum absolute atomic E-state index is 0.707. The maximum absolute atomic E-state index is 5.25. The molecular weight excluding hydrogens is 617 g/mol. The number of para-hydroxylation sites is 2. The lowest BCUT2D eigenvalue weighted by molar-refractivity contribution is 1.05. The van der Waals surface area contributed by atoms with Crippen LogP contribution in [0, 0.1) is 0 Å². The van der Waals surface area contributed by atoms with Crippen molar-refractivity contribution in [2.45, 2.75) is 0 Å². The molecule has 0 bridgehead atoms. The summed E-state index contributed by atoms with van der Waals surface area (Å²) < 4.78 is 4.91. The average molecular weight is 643 g/mol. The van der Waals surface area contributed by atoms with Crippen LogP contribution in [-0.2, 0) is 0 Å². The summed E-state index contributed by atoms with van der Waals surface area (Å²) in [6.07, 6.45) is 0. The highest BCUT2D eigenvalue weighted by Crippen LogP contribution is 2.48. The maximum atomic E-state index is 5.25. The van der Waals surface area contributed by atoms with E-state index in [1.807, 2.05) is 35.6 Å². The zero-order valence-corrected chi connectivity index (χ0v) is 27.0. The lowest BCUT2D eigenvalue weighted by Gasteiger charge is -2.12. The smallest absolute Gasteiger partial charge is 0.162 e. The van der Waals surface area contributed by atoms with E-state index in [1.165, 1.54) is 63.5 Å². The van der Waals surface area contributed by atoms with Gasteiger partial charge in [0, 0.05) is 75.2 Å². The van der Waals surface area contributed by atoms with E-state index in [-0.39, 0.29) is 0 Å². The molecule has 0 spiro atoms. The van der Waals surface area contributed by atoms with Crippen molar-refractivity contribution >= 4 is 85.9 Å². The Labute approximate surface area is 284 Å². The lowest BCUT2D eigenvalue weighted by atomic mass is 9.99. The van der Waals surface area contributed by atoms with Crippen molar-refractivity contribution in [3.8, 4) is 28.5 Å². The fourth-order valence-corrected chi connectivity index (χ4v) is 9.03. The Morgan fingerprint density at radius 3 is 1.98 bits per heavy atom. The van der Waals surface area contributed by atoms with Gasteiger partial charge in [-0.1, -0.05) is 121 Å². The molecule has 228 valence electrons. The van der Waals surface area contributed by atoms with Gasteiger partial charge >= 0.3 is 0 Å². The van der Waals surface area contributed by atoms with E-state index in [4.69, 9.17) is 9.97 Å². The quantitative estimate of drug-likeness (QED) is 0.208. The monoisotopic (exact) mass is 642 g/mol. The van der Waals surface area contributed by atoms with Crippen LogP contribution in [0.2, 0.25) is 0 Å². The number of thiophene rings is 1. The maximum Gasteiger partial charge on any atom is 0.162 e. The molecule has 0 amide bonds. The molecule has 0 atom stereocenters. The molecule has 0 aliphatic heterocycles. The highest BCUT2D eigenvalue weighted by molar-refractivity contribution is 7.27. The Bertz CT molecular complexity index is 3040. The van der Waals surface area contributed by atoms with Crippen molar-refractivity contribution in [1.29, 1.82) is 0 Å². The number of hydrogen-bond donors (Lipinski definition) is 1. The van der Waals surface area contributed by atoms with Crippen LogP contribution < -0.4 is 0 Å². The molecule has 5 heteroatoms. The molecule has 7 aromatic carbocycles. The highest BCUT2D eigenvalue weighted by Gasteiger charge is 2.21. The molecule has 49 heavy (non-hydrogen) atoms. The molecule has 11 rings (SSSR count). The van der Waals surface area contributed by atoms with Crippen molar-refractivity contribution < 1.29 is 0 Å². The number of benzene rings is 7. The summed E-state index contributed by atoms with van der Waals surface area (Å²) in [6, 6.07) is 53.8. The SMILES string of the molecule is c1ccc(-c2cc(-n3c4ccccc4c4cc5c(cc43)sc3c4ccccc4c4[nH]c6ccccc6c4c53)nc(-c3ccccc3)n2)cc1. The predicted octanol–water partition coefficient (Wildman–Crippen LogP) is 12.1. The average Bonchev–Trinajstić information content (AvgIpc) is 3.84. The van der Waals surface area contributed by atoms with Gasteiger partial charge in [-0.25, -0.2) is 9.97 Å². The third kappa shape index (κ3) is 3.85. The Kier molecular flexibility index (Phi) is 5.51. The van der Waals surface area contributed by atoms with Crippen molar-refractivity contribution in [3.63, 3.8) is 0 Å². The van der Waals surface area contributed by atoms with E-state index in [9.17, 15) is 0 Å². The largest absolute Gasteiger partial charge is 0.354 e. The molecule has 0 aliphatic carbocycles. The highest BCUT2D eigenvalue weighted by atomic mass is 32.1. The minimum Gasteiger partial charge on any atom is -0.354 e.